The van der Waals surface area contributed by atoms with Crippen molar-refractivity contribution >= 4 is 21.8 Å². The van der Waals surface area contributed by atoms with E-state index in [9.17, 15) is 4.79 Å². The van der Waals surface area contributed by atoms with Crippen LogP contribution in [0.15, 0.2) is 0 Å². The van der Waals surface area contributed by atoms with Crippen molar-refractivity contribution in [3.05, 3.63) is 0 Å². The summed E-state index contributed by atoms with van der Waals surface area (Å²) in [4.78, 5) is 16.3. The average Bonchev–Trinajstić information content (AvgIpc) is 2.57. The molecule has 0 radical (unpaired) electrons. The van der Waals surface area contributed by atoms with Gasteiger partial charge in [0.2, 0.25) is 5.91 Å². The predicted octanol–water partition coefficient (Wildman–Crippen LogP) is 1.08. The number of hydrogen-bond acceptors (Lipinski definition) is 2. The van der Waals surface area contributed by atoms with Gasteiger partial charge in [0.05, 0.1) is 4.83 Å². The van der Waals surface area contributed by atoms with E-state index in [1.165, 1.54) is 0 Å². The van der Waals surface area contributed by atoms with Gasteiger partial charge in [-0.05, 0) is 32.9 Å². The largest absolute Gasteiger partial charge is 0.337 e. The second-order valence-corrected chi connectivity index (χ2v) is 5.45. The summed E-state index contributed by atoms with van der Waals surface area (Å²) in [6.07, 6.45) is 3.28. The number of halogens is 1. The van der Waals surface area contributed by atoms with E-state index >= 15 is 0 Å². The zero-order chi connectivity index (χ0) is 10.1. The standard InChI is InChI=1S/C10H17BrN2O/c1-12-6-4-8(7-12)13-5-2-3-9(11)10(13)14/h8-9H,2-7H2,1H3. The fourth-order valence-corrected chi connectivity index (χ4v) is 2.97. The van der Waals surface area contributed by atoms with Crippen molar-refractivity contribution in [1.82, 2.24) is 9.80 Å². The lowest BCUT2D eigenvalue weighted by molar-refractivity contribution is -0.134. The SMILES string of the molecule is CN1CCC(N2CCCC(Br)C2=O)C1. The predicted molar refractivity (Wildman–Crippen MR) is 59.6 cm³/mol. The van der Waals surface area contributed by atoms with Crippen molar-refractivity contribution in [3.63, 3.8) is 0 Å². The van der Waals surface area contributed by atoms with Crippen molar-refractivity contribution in [2.45, 2.75) is 30.1 Å². The molecule has 0 aliphatic carbocycles. The van der Waals surface area contributed by atoms with Crippen molar-refractivity contribution in [2.24, 2.45) is 0 Å². The molecular weight excluding hydrogens is 244 g/mol. The molecule has 2 unspecified atom stereocenters. The molecule has 2 atom stereocenters. The van der Waals surface area contributed by atoms with E-state index in [1.807, 2.05) is 0 Å². The van der Waals surface area contributed by atoms with Crippen LogP contribution in [-0.2, 0) is 4.79 Å². The first-order valence-corrected chi connectivity index (χ1v) is 6.23. The lowest BCUT2D eigenvalue weighted by atomic mass is 10.1. The second kappa shape index (κ2) is 4.19. The van der Waals surface area contributed by atoms with Crippen LogP contribution in [-0.4, -0.2) is 53.3 Å². The number of carbonyl (C=O) groups excluding carboxylic acids is 1. The van der Waals surface area contributed by atoms with E-state index < -0.39 is 0 Å². The number of rotatable bonds is 1. The van der Waals surface area contributed by atoms with Crippen LogP contribution in [0.3, 0.4) is 0 Å². The molecule has 2 aliphatic heterocycles. The smallest absolute Gasteiger partial charge is 0.236 e. The van der Waals surface area contributed by atoms with Gasteiger partial charge < -0.3 is 9.80 Å². The topological polar surface area (TPSA) is 23.6 Å². The highest BCUT2D eigenvalue weighted by Gasteiger charge is 2.34. The molecule has 2 heterocycles. The van der Waals surface area contributed by atoms with Gasteiger partial charge >= 0.3 is 0 Å². The monoisotopic (exact) mass is 260 g/mol. The van der Waals surface area contributed by atoms with Crippen LogP contribution in [0.25, 0.3) is 0 Å². The lowest BCUT2D eigenvalue weighted by Crippen LogP contribution is -2.48. The van der Waals surface area contributed by atoms with Crippen LogP contribution in [0.5, 0.6) is 0 Å². The minimum absolute atomic E-state index is 0.0714. The fourth-order valence-electron chi connectivity index (χ4n) is 2.38. The van der Waals surface area contributed by atoms with Crippen LogP contribution in [0, 0.1) is 0 Å². The summed E-state index contributed by atoms with van der Waals surface area (Å²) in [7, 11) is 2.13. The quantitative estimate of drug-likeness (QED) is 0.659. The maximum atomic E-state index is 11.9. The normalized spacial score (nSPS) is 35.3. The number of alkyl halides is 1. The van der Waals surface area contributed by atoms with Crippen molar-refractivity contribution in [3.8, 4) is 0 Å². The van der Waals surface area contributed by atoms with Crippen LogP contribution in [0.4, 0.5) is 0 Å². The third-order valence-electron chi connectivity index (χ3n) is 3.21. The summed E-state index contributed by atoms with van der Waals surface area (Å²) < 4.78 is 0. The van der Waals surface area contributed by atoms with Crippen molar-refractivity contribution in [1.29, 1.82) is 0 Å². The van der Waals surface area contributed by atoms with Crippen LogP contribution >= 0.6 is 15.9 Å². The first-order chi connectivity index (χ1) is 6.68. The molecule has 0 saturated carbocycles. The van der Waals surface area contributed by atoms with Gasteiger partial charge in [-0.3, -0.25) is 4.79 Å². The maximum absolute atomic E-state index is 11.9. The Morgan fingerprint density at radius 3 is 2.79 bits per heavy atom. The van der Waals surface area contributed by atoms with Crippen LogP contribution in [0.1, 0.15) is 19.3 Å². The molecule has 0 aromatic heterocycles. The molecular formula is C10H17BrN2O. The number of hydrogen-bond donors (Lipinski definition) is 0. The Kier molecular flexibility index (Phi) is 3.12. The molecule has 80 valence electrons. The molecule has 2 rings (SSSR count). The molecule has 0 bridgehead atoms. The van der Waals surface area contributed by atoms with Crippen LogP contribution in [0.2, 0.25) is 0 Å². The third-order valence-corrected chi connectivity index (χ3v) is 4.06. The molecule has 2 fully saturated rings. The van der Waals surface area contributed by atoms with E-state index in [4.69, 9.17) is 0 Å². The highest BCUT2D eigenvalue weighted by Crippen LogP contribution is 2.23. The maximum Gasteiger partial charge on any atom is 0.236 e. The second-order valence-electron chi connectivity index (χ2n) is 4.35. The zero-order valence-corrected chi connectivity index (χ0v) is 10.2. The molecule has 14 heavy (non-hydrogen) atoms. The molecule has 0 aromatic carbocycles. The van der Waals surface area contributed by atoms with Gasteiger partial charge in [0.1, 0.15) is 0 Å². The van der Waals surface area contributed by atoms with E-state index in [0.29, 0.717) is 11.9 Å². The summed E-state index contributed by atoms with van der Waals surface area (Å²) >= 11 is 3.45. The molecule has 0 spiro atoms. The van der Waals surface area contributed by atoms with Crippen molar-refractivity contribution in [2.75, 3.05) is 26.7 Å². The van der Waals surface area contributed by atoms with Gasteiger partial charge in [0, 0.05) is 19.1 Å². The van der Waals surface area contributed by atoms with Crippen LogP contribution < -0.4 is 0 Å². The Bertz CT molecular complexity index is 234. The lowest BCUT2D eigenvalue weighted by Gasteiger charge is -2.34. The van der Waals surface area contributed by atoms with E-state index in [0.717, 1.165) is 38.9 Å². The van der Waals surface area contributed by atoms with E-state index in [-0.39, 0.29) is 4.83 Å². The number of piperidine rings is 1. The minimum atomic E-state index is 0.0714. The number of likely N-dealkylation sites (tertiary alicyclic amines) is 2. The number of amides is 1. The summed E-state index contributed by atoms with van der Waals surface area (Å²) in [5.74, 6) is 0.302. The molecule has 3 nitrogen and oxygen atoms in total. The van der Waals surface area contributed by atoms with Gasteiger partial charge in [-0.2, -0.15) is 0 Å². The summed E-state index contributed by atoms with van der Waals surface area (Å²) in [5.41, 5.74) is 0. The Morgan fingerprint density at radius 1 is 1.36 bits per heavy atom. The Labute approximate surface area is 93.6 Å². The summed E-state index contributed by atoms with van der Waals surface area (Å²) in [6.45, 7) is 3.13. The fraction of sp³-hybridized carbons (Fsp3) is 0.900. The van der Waals surface area contributed by atoms with E-state index in [2.05, 4.69) is 32.8 Å². The van der Waals surface area contributed by atoms with Gasteiger partial charge in [-0.25, -0.2) is 0 Å². The van der Waals surface area contributed by atoms with Gasteiger partial charge in [-0.15, -0.1) is 0 Å². The average molecular weight is 261 g/mol. The molecule has 0 aromatic rings. The number of likely N-dealkylation sites (N-methyl/N-ethyl adjacent to an activating group) is 1. The number of carbonyl (C=O) groups is 1. The molecule has 0 N–H and O–H groups in total. The summed E-state index contributed by atoms with van der Waals surface area (Å²) in [6, 6.07) is 0.466. The van der Waals surface area contributed by atoms with Crippen molar-refractivity contribution < 1.29 is 4.79 Å². The highest BCUT2D eigenvalue weighted by atomic mass is 79.9. The zero-order valence-electron chi connectivity index (χ0n) is 8.58. The first-order valence-electron chi connectivity index (χ1n) is 5.31. The Hall–Kier alpha value is -0.0900. The molecule has 4 heteroatoms. The van der Waals surface area contributed by atoms with E-state index in [1.54, 1.807) is 0 Å². The Morgan fingerprint density at radius 2 is 2.14 bits per heavy atom. The Balaban J connectivity index is 1.99. The minimum Gasteiger partial charge on any atom is -0.337 e. The highest BCUT2D eigenvalue weighted by molar-refractivity contribution is 9.10. The molecule has 2 saturated heterocycles. The molecule has 2 aliphatic rings. The van der Waals surface area contributed by atoms with Gasteiger partial charge in [0.25, 0.3) is 0 Å². The number of nitrogens with zero attached hydrogens (tertiary/aromatic N) is 2. The molecule has 1 amide bonds. The van der Waals surface area contributed by atoms with Gasteiger partial charge in [0.15, 0.2) is 0 Å². The third kappa shape index (κ3) is 1.96. The summed E-state index contributed by atoms with van der Waals surface area (Å²) in [5, 5.41) is 0. The van der Waals surface area contributed by atoms with Gasteiger partial charge in [-0.1, -0.05) is 15.9 Å². The first kappa shape index (κ1) is 10.4.